The first kappa shape index (κ1) is 12.1. The molecule has 0 aliphatic rings. The van der Waals surface area contributed by atoms with Crippen LogP contribution < -0.4 is 5.32 Å². The Kier molecular flexibility index (Phi) is 5.19. The lowest BCUT2D eigenvalue weighted by Crippen LogP contribution is -2.14. The zero-order valence-electron chi connectivity index (χ0n) is 9.66. The van der Waals surface area contributed by atoms with Crippen molar-refractivity contribution in [2.75, 3.05) is 11.9 Å². The summed E-state index contributed by atoms with van der Waals surface area (Å²) in [6.07, 6.45) is 3.14. The maximum Gasteiger partial charge on any atom is 0.0471 e. The van der Waals surface area contributed by atoms with E-state index in [0.29, 0.717) is 6.04 Å². The van der Waals surface area contributed by atoms with E-state index in [1.165, 1.54) is 18.4 Å². The van der Waals surface area contributed by atoms with E-state index in [-0.39, 0.29) is 6.61 Å². The predicted molar refractivity (Wildman–Crippen MR) is 65.2 cm³/mol. The Bertz CT molecular complexity index is 268. The molecule has 0 radical (unpaired) electrons. The number of anilines is 1. The van der Waals surface area contributed by atoms with E-state index in [0.717, 1.165) is 12.1 Å². The molecule has 1 aromatic rings. The first-order valence-electron chi connectivity index (χ1n) is 5.72. The van der Waals surface area contributed by atoms with Crippen molar-refractivity contribution < 1.29 is 5.11 Å². The van der Waals surface area contributed by atoms with Gasteiger partial charge in [-0.2, -0.15) is 0 Å². The molecule has 2 nitrogen and oxygen atoms in total. The van der Waals surface area contributed by atoms with Gasteiger partial charge in [0.15, 0.2) is 0 Å². The molecule has 0 aliphatic carbocycles. The van der Waals surface area contributed by atoms with Gasteiger partial charge in [-0.25, -0.2) is 0 Å². The molecule has 2 heteroatoms. The van der Waals surface area contributed by atoms with Crippen molar-refractivity contribution in [3.05, 3.63) is 29.8 Å². The van der Waals surface area contributed by atoms with Crippen LogP contribution in [0.15, 0.2) is 24.3 Å². The van der Waals surface area contributed by atoms with E-state index in [9.17, 15) is 0 Å². The first-order chi connectivity index (χ1) is 7.26. The molecule has 0 amide bonds. The lowest BCUT2D eigenvalue weighted by Gasteiger charge is -2.14. The van der Waals surface area contributed by atoms with Gasteiger partial charge >= 0.3 is 0 Å². The normalized spacial score (nSPS) is 12.5. The summed E-state index contributed by atoms with van der Waals surface area (Å²) in [6, 6.07) is 8.82. The zero-order chi connectivity index (χ0) is 11.1. The first-order valence-corrected chi connectivity index (χ1v) is 5.72. The second-order valence-corrected chi connectivity index (χ2v) is 4.00. The third kappa shape index (κ3) is 4.34. The number of aliphatic hydroxyl groups excluding tert-OH is 1. The van der Waals surface area contributed by atoms with Gasteiger partial charge in [-0.1, -0.05) is 25.5 Å². The van der Waals surface area contributed by atoms with E-state index >= 15 is 0 Å². The monoisotopic (exact) mass is 207 g/mol. The van der Waals surface area contributed by atoms with Crippen LogP contribution in [0.4, 0.5) is 5.69 Å². The van der Waals surface area contributed by atoms with E-state index < -0.39 is 0 Å². The van der Waals surface area contributed by atoms with Crippen LogP contribution >= 0.6 is 0 Å². The topological polar surface area (TPSA) is 32.3 Å². The van der Waals surface area contributed by atoms with E-state index in [1.54, 1.807) is 0 Å². The maximum absolute atomic E-state index is 8.79. The number of aliphatic hydroxyl groups is 1. The van der Waals surface area contributed by atoms with Crippen LogP contribution in [0, 0.1) is 0 Å². The van der Waals surface area contributed by atoms with Crippen LogP contribution in [0.2, 0.25) is 0 Å². The fourth-order valence-electron chi connectivity index (χ4n) is 1.69. The summed E-state index contributed by atoms with van der Waals surface area (Å²) in [7, 11) is 0. The van der Waals surface area contributed by atoms with Crippen LogP contribution in [-0.4, -0.2) is 17.8 Å². The minimum atomic E-state index is 0.221. The molecular weight excluding hydrogens is 186 g/mol. The van der Waals surface area contributed by atoms with Gasteiger partial charge in [0.1, 0.15) is 0 Å². The Balaban J connectivity index is 2.48. The van der Waals surface area contributed by atoms with E-state index in [4.69, 9.17) is 5.11 Å². The lowest BCUT2D eigenvalue weighted by atomic mass is 10.1. The molecule has 0 spiro atoms. The average molecular weight is 207 g/mol. The van der Waals surface area contributed by atoms with Crippen LogP contribution in [0.3, 0.4) is 0 Å². The number of rotatable bonds is 6. The Hall–Kier alpha value is -1.02. The summed E-state index contributed by atoms with van der Waals surface area (Å²) in [5.74, 6) is 0. The van der Waals surface area contributed by atoms with Crippen LogP contribution in [0.25, 0.3) is 0 Å². The highest BCUT2D eigenvalue weighted by atomic mass is 16.2. The van der Waals surface area contributed by atoms with Crippen molar-refractivity contribution in [1.82, 2.24) is 0 Å². The lowest BCUT2D eigenvalue weighted by molar-refractivity contribution is 0.299. The molecule has 0 aromatic heterocycles. The molecule has 1 aromatic carbocycles. The van der Waals surface area contributed by atoms with Crippen LogP contribution in [0.1, 0.15) is 32.3 Å². The Morgan fingerprint density at radius 1 is 1.27 bits per heavy atom. The second kappa shape index (κ2) is 6.46. The third-order valence-corrected chi connectivity index (χ3v) is 2.49. The zero-order valence-corrected chi connectivity index (χ0v) is 9.66. The minimum absolute atomic E-state index is 0.221. The highest BCUT2D eigenvalue weighted by Crippen LogP contribution is 2.12. The van der Waals surface area contributed by atoms with Gasteiger partial charge in [-0.15, -0.1) is 0 Å². The molecule has 1 rings (SSSR count). The average Bonchev–Trinajstić information content (AvgIpc) is 2.22. The maximum atomic E-state index is 8.79. The van der Waals surface area contributed by atoms with Crippen molar-refractivity contribution in [3.63, 3.8) is 0 Å². The van der Waals surface area contributed by atoms with E-state index in [1.807, 2.05) is 0 Å². The molecule has 0 unspecified atom stereocenters. The molecule has 0 heterocycles. The largest absolute Gasteiger partial charge is 0.396 e. The third-order valence-electron chi connectivity index (χ3n) is 2.49. The molecule has 1 atom stereocenters. The molecule has 0 saturated heterocycles. The van der Waals surface area contributed by atoms with Gasteiger partial charge in [0, 0.05) is 18.3 Å². The van der Waals surface area contributed by atoms with Crippen molar-refractivity contribution >= 4 is 5.69 Å². The van der Waals surface area contributed by atoms with Crippen molar-refractivity contribution in [1.29, 1.82) is 0 Å². The highest BCUT2D eigenvalue weighted by Gasteiger charge is 2.00. The van der Waals surface area contributed by atoms with Crippen LogP contribution in [0.5, 0.6) is 0 Å². The fraction of sp³-hybridized carbons (Fsp3) is 0.538. The molecule has 0 aliphatic heterocycles. The summed E-state index contributed by atoms with van der Waals surface area (Å²) in [4.78, 5) is 0. The Morgan fingerprint density at radius 2 is 1.93 bits per heavy atom. The van der Waals surface area contributed by atoms with Gasteiger partial charge in [0.2, 0.25) is 0 Å². The van der Waals surface area contributed by atoms with E-state index in [2.05, 4.69) is 43.4 Å². The summed E-state index contributed by atoms with van der Waals surface area (Å²) < 4.78 is 0. The van der Waals surface area contributed by atoms with Gasteiger partial charge in [0.25, 0.3) is 0 Å². The Morgan fingerprint density at radius 3 is 2.47 bits per heavy atom. The molecule has 0 bridgehead atoms. The fourth-order valence-corrected chi connectivity index (χ4v) is 1.69. The minimum Gasteiger partial charge on any atom is -0.396 e. The molecular formula is C13H21NO. The molecule has 0 fully saturated rings. The smallest absolute Gasteiger partial charge is 0.0471 e. The number of benzene rings is 1. The summed E-state index contributed by atoms with van der Waals surface area (Å²) in [6.45, 7) is 4.62. The number of hydrogen-bond donors (Lipinski definition) is 2. The summed E-state index contributed by atoms with van der Waals surface area (Å²) >= 11 is 0. The number of nitrogens with one attached hydrogen (secondary N) is 1. The quantitative estimate of drug-likeness (QED) is 0.751. The van der Waals surface area contributed by atoms with Gasteiger partial charge in [0.05, 0.1) is 0 Å². The predicted octanol–water partition coefficient (Wildman–Crippen LogP) is 2.82. The SMILES string of the molecule is CCC[C@H](C)Nc1ccc(CCO)cc1. The van der Waals surface area contributed by atoms with Crippen molar-refractivity contribution in [3.8, 4) is 0 Å². The van der Waals surface area contributed by atoms with Gasteiger partial charge in [-0.05, 0) is 37.5 Å². The summed E-state index contributed by atoms with van der Waals surface area (Å²) in [5, 5.41) is 12.2. The van der Waals surface area contributed by atoms with Gasteiger partial charge in [-0.3, -0.25) is 0 Å². The van der Waals surface area contributed by atoms with Crippen molar-refractivity contribution in [2.45, 2.75) is 39.2 Å². The van der Waals surface area contributed by atoms with Crippen LogP contribution in [-0.2, 0) is 6.42 Å². The second-order valence-electron chi connectivity index (χ2n) is 4.00. The number of hydrogen-bond acceptors (Lipinski definition) is 2. The standard InChI is InChI=1S/C13H21NO/c1-3-4-11(2)14-13-7-5-12(6-8-13)9-10-15/h5-8,11,14-15H,3-4,9-10H2,1-2H3/t11-/m0/s1. The Labute approximate surface area is 92.3 Å². The molecule has 2 N–H and O–H groups in total. The molecule has 0 saturated carbocycles. The summed E-state index contributed by atoms with van der Waals surface area (Å²) in [5.41, 5.74) is 2.35. The van der Waals surface area contributed by atoms with Gasteiger partial charge < -0.3 is 10.4 Å². The highest BCUT2D eigenvalue weighted by molar-refractivity contribution is 5.45. The molecule has 84 valence electrons. The van der Waals surface area contributed by atoms with Crippen molar-refractivity contribution in [2.24, 2.45) is 0 Å². The molecule has 15 heavy (non-hydrogen) atoms.